The number of hydrogen-bond donors (Lipinski definition) is 2. The lowest BCUT2D eigenvalue weighted by molar-refractivity contribution is 0.475. The standard InChI is InChI=1S/C13H10BrCl2NO/c14-10-3-2-9(15)6-12(10)17-7-8-1-4-13(18)11(16)5-8/h1-6,17-18H,7H2. The molecule has 0 heterocycles. The van der Waals surface area contributed by atoms with Gasteiger partial charge in [-0.05, 0) is 51.8 Å². The van der Waals surface area contributed by atoms with E-state index in [2.05, 4.69) is 21.2 Å². The van der Waals surface area contributed by atoms with Gasteiger partial charge >= 0.3 is 0 Å². The minimum Gasteiger partial charge on any atom is -0.506 e. The topological polar surface area (TPSA) is 32.3 Å². The number of hydrogen-bond acceptors (Lipinski definition) is 2. The third-order valence-corrected chi connectivity index (χ3v) is 3.65. The summed E-state index contributed by atoms with van der Waals surface area (Å²) in [5.74, 6) is 0.0874. The Balaban J connectivity index is 2.11. The van der Waals surface area contributed by atoms with E-state index in [4.69, 9.17) is 23.2 Å². The molecular formula is C13H10BrCl2NO. The van der Waals surface area contributed by atoms with Crippen LogP contribution in [0.3, 0.4) is 0 Å². The molecule has 0 saturated carbocycles. The van der Waals surface area contributed by atoms with Gasteiger partial charge in [0.15, 0.2) is 0 Å². The number of nitrogens with one attached hydrogen (secondary N) is 1. The molecule has 94 valence electrons. The normalized spacial score (nSPS) is 10.4. The Morgan fingerprint density at radius 2 is 1.89 bits per heavy atom. The molecule has 0 spiro atoms. The largest absolute Gasteiger partial charge is 0.506 e. The van der Waals surface area contributed by atoms with Crippen molar-refractivity contribution in [1.82, 2.24) is 0 Å². The van der Waals surface area contributed by atoms with Crippen molar-refractivity contribution in [2.45, 2.75) is 6.54 Å². The van der Waals surface area contributed by atoms with Crippen LogP contribution in [-0.2, 0) is 6.54 Å². The van der Waals surface area contributed by atoms with Crippen molar-refractivity contribution >= 4 is 44.8 Å². The fourth-order valence-electron chi connectivity index (χ4n) is 1.49. The Labute approximate surface area is 124 Å². The highest BCUT2D eigenvalue weighted by molar-refractivity contribution is 9.10. The third kappa shape index (κ3) is 3.31. The monoisotopic (exact) mass is 345 g/mol. The van der Waals surface area contributed by atoms with Gasteiger partial charge in [-0.15, -0.1) is 0 Å². The molecule has 0 aromatic heterocycles. The molecule has 0 atom stereocenters. The van der Waals surface area contributed by atoms with Gasteiger partial charge in [0.05, 0.1) is 10.7 Å². The van der Waals surface area contributed by atoms with Crippen LogP contribution in [0.2, 0.25) is 10.0 Å². The molecule has 5 heteroatoms. The van der Waals surface area contributed by atoms with Crippen LogP contribution in [0.25, 0.3) is 0 Å². The third-order valence-electron chi connectivity index (χ3n) is 2.42. The average molecular weight is 347 g/mol. The van der Waals surface area contributed by atoms with Crippen molar-refractivity contribution in [3.8, 4) is 5.75 Å². The quantitative estimate of drug-likeness (QED) is 0.812. The second-order valence-corrected chi connectivity index (χ2v) is 5.46. The van der Waals surface area contributed by atoms with Crippen LogP contribution in [0, 0.1) is 0 Å². The van der Waals surface area contributed by atoms with E-state index in [1.54, 1.807) is 12.1 Å². The molecule has 2 nitrogen and oxygen atoms in total. The van der Waals surface area contributed by atoms with Crippen LogP contribution in [0.4, 0.5) is 5.69 Å². The molecule has 0 radical (unpaired) electrons. The molecule has 0 amide bonds. The molecule has 0 aliphatic heterocycles. The van der Waals surface area contributed by atoms with Gasteiger partial charge in [-0.2, -0.15) is 0 Å². The highest BCUT2D eigenvalue weighted by atomic mass is 79.9. The summed E-state index contributed by atoms with van der Waals surface area (Å²) in [5, 5.41) is 13.6. The van der Waals surface area contributed by atoms with Gasteiger partial charge in [-0.1, -0.05) is 29.3 Å². The van der Waals surface area contributed by atoms with Crippen LogP contribution in [-0.4, -0.2) is 5.11 Å². The lowest BCUT2D eigenvalue weighted by Gasteiger charge is -2.09. The zero-order valence-electron chi connectivity index (χ0n) is 9.25. The second kappa shape index (κ2) is 5.83. The highest BCUT2D eigenvalue weighted by Gasteiger charge is 2.03. The Hall–Kier alpha value is -0.900. The van der Waals surface area contributed by atoms with E-state index in [0.717, 1.165) is 15.7 Å². The molecule has 2 rings (SSSR count). The SMILES string of the molecule is Oc1ccc(CNc2cc(Cl)ccc2Br)cc1Cl. The molecule has 2 aromatic carbocycles. The average Bonchev–Trinajstić information content (AvgIpc) is 2.34. The summed E-state index contributed by atoms with van der Waals surface area (Å²) in [6.45, 7) is 0.596. The summed E-state index contributed by atoms with van der Waals surface area (Å²) in [7, 11) is 0. The molecule has 0 aliphatic rings. The fourth-order valence-corrected chi connectivity index (χ4v) is 2.25. The van der Waals surface area contributed by atoms with E-state index in [0.29, 0.717) is 16.6 Å². The second-order valence-electron chi connectivity index (χ2n) is 3.76. The number of anilines is 1. The van der Waals surface area contributed by atoms with Gasteiger partial charge in [-0.3, -0.25) is 0 Å². The Morgan fingerprint density at radius 3 is 2.61 bits per heavy atom. The first kappa shape index (κ1) is 13.5. The van der Waals surface area contributed by atoms with Crippen molar-refractivity contribution in [2.75, 3.05) is 5.32 Å². The Morgan fingerprint density at radius 1 is 1.11 bits per heavy atom. The number of halogens is 3. The predicted molar refractivity (Wildman–Crippen MR) is 79.6 cm³/mol. The van der Waals surface area contributed by atoms with Crippen LogP contribution in [0.5, 0.6) is 5.75 Å². The maximum absolute atomic E-state index is 9.33. The van der Waals surface area contributed by atoms with Crippen molar-refractivity contribution in [1.29, 1.82) is 0 Å². The predicted octanol–water partition coefficient (Wildman–Crippen LogP) is 5.07. The van der Waals surface area contributed by atoms with Crippen LogP contribution in [0.1, 0.15) is 5.56 Å². The van der Waals surface area contributed by atoms with E-state index < -0.39 is 0 Å². The van der Waals surface area contributed by atoms with Crippen LogP contribution >= 0.6 is 39.1 Å². The molecular weight excluding hydrogens is 337 g/mol. The van der Waals surface area contributed by atoms with E-state index in [1.165, 1.54) is 0 Å². The maximum Gasteiger partial charge on any atom is 0.134 e. The lowest BCUT2D eigenvalue weighted by atomic mass is 10.2. The molecule has 2 aromatic rings. The summed E-state index contributed by atoms with van der Waals surface area (Å²) < 4.78 is 0.941. The van der Waals surface area contributed by atoms with Gasteiger partial charge < -0.3 is 10.4 Å². The van der Waals surface area contributed by atoms with Crippen LogP contribution in [0.15, 0.2) is 40.9 Å². The van der Waals surface area contributed by atoms with Gasteiger partial charge in [0.1, 0.15) is 5.75 Å². The first-order chi connectivity index (χ1) is 8.56. The highest BCUT2D eigenvalue weighted by Crippen LogP contribution is 2.27. The molecule has 0 aliphatic carbocycles. The summed E-state index contributed by atoms with van der Waals surface area (Å²) in [5.41, 5.74) is 1.89. The van der Waals surface area contributed by atoms with Gasteiger partial charge in [0, 0.05) is 16.0 Å². The van der Waals surface area contributed by atoms with Gasteiger partial charge in [0.25, 0.3) is 0 Å². The van der Waals surface area contributed by atoms with E-state index in [9.17, 15) is 5.11 Å². The number of phenolic OH excluding ortho intramolecular Hbond substituents is 1. The number of benzene rings is 2. The molecule has 0 saturated heterocycles. The number of phenols is 1. The van der Waals surface area contributed by atoms with Crippen molar-refractivity contribution in [2.24, 2.45) is 0 Å². The van der Waals surface area contributed by atoms with E-state index >= 15 is 0 Å². The first-order valence-electron chi connectivity index (χ1n) is 5.22. The summed E-state index contributed by atoms with van der Waals surface area (Å²) in [6, 6.07) is 10.7. The summed E-state index contributed by atoms with van der Waals surface area (Å²) in [4.78, 5) is 0. The number of aromatic hydroxyl groups is 1. The summed E-state index contributed by atoms with van der Waals surface area (Å²) in [6.07, 6.45) is 0. The van der Waals surface area contributed by atoms with E-state index in [1.807, 2.05) is 24.3 Å². The minimum atomic E-state index is 0.0874. The molecule has 0 bridgehead atoms. The van der Waals surface area contributed by atoms with Gasteiger partial charge in [-0.25, -0.2) is 0 Å². The molecule has 2 N–H and O–H groups in total. The number of rotatable bonds is 3. The first-order valence-corrected chi connectivity index (χ1v) is 6.77. The summed E-state index contributed by atoms with van der Waals surface area (Å²) >= 11 is 15.2. The molecule has 0 unspecified atom stereocenters. The molecule has 18 heavy (non-hydrogen) atoms. The maximum atomic E-state index is 9.33. The van der Waals surface area contributed by atoms with Crippen LogP contribution < -0.4 is 5.32 Å². The van der Waals surface area contributed by atoms with E-state index in [-0.39, 0.29) is 5.75 Å². The smallest absolute Gasteiger partial charge is 0.134 e. The Bertz CT molecular complexity index is 575. The lowest BCUT2D eigenvalue weighted by Crippen LogP contribution is -1.99. The van der Waals surface area contributed by atoms with Crippen molar-refractivity contribution < 1.29 is 5.11 Å². The molecule has 0 fully saturated rings. The zero-order valence-corrected chi connectivity index (χ0v) is 12.4. The zero-order chi connectivity index (χ0) is 13.1. The van der Waals surface area contributed by atoms with Gasteiger partial charge in [0.2, 0.25) is 0 Å². The Kier molecular flexibility index (Phi) is 4.38. The fraction of sp³-hybridized carbons (Fsp3) is 0.0769. The minimum absolute atomic E-state index is 0.0874. The van der Waals surface area contributed by atoms with Crippen molar-refractivity contribution in [3.05, 3.63) is 56.5 Å². The van der Waals surface area contributed by atoms with Crippen molar-refractivity contribution in [3.63, 3.8) is 0 Å².